The maximum Gasteiger partial charge on any atom is 0.195 e. The van der Waals surface area contributed by atoms with Gasteiger partial charge in [-0.1, -0.05) is 37.3 Å². The molecule has 0 aliphatic carbocycles. The molecule has 1 atom stereocenters. The number of rotatable bonds is 5. The summed E-state index contributed by atoms with van der Waals surface area (Å²) in [5, 5.41) is 1.10. The molecule has 1 heterocycles. The molecule has 1 aromatic carbocycles. The monoisotopic (exact) mass is 295 g/mol. The lowest BCUT2D eigenvalue weighted by molar-refractivity contribution is 0.584. The Morgan fingerprint density at radius 1 is 1.21 bits per heavy atom. The first-order valence-electron chi connectivity index (χ1n) is 6.16. The molecule has 0 saturated heterocycles. The third kappa shape index (κ3) is 2.88. The van der Waals surface area contributed by atoms with Gasteiger partial charge in [0, 0.05) is 6.54 Å². The number of sulfone groups is 1. The largest absolute Gasteiger partial charge is 0.329 e. The van der Waals surface area contributed by atoms with Gasteiger partial charge in [0.15, 0.2) is 9.84 Å². The second-order valence-electron chi connectivity index (χ2n) is 4.30. The summed E-state index contributed by atoms with van der Waals surface area (Å²) in [5.41, 5.74) is 7.64. The zero-order valence-corrected chi connectivity index (χ0v) is 12.4. The van der Waals surface area contributed by atoms with Crippen LogP contribution < -0.4 is 5.73 Å². The lowest BCUT2D eigenvalue weighted by Crippen LogP contribution is -2.21. The summed E-state index contributed by atoms with van der Waals surface area (Å²) in [6.07, 6.45) is 0.936. The van der Waals surface area contributed by atoms with Gasteiger partial charge in [-0.05, 0) is 29.0 Å². The van der Waals surface area contributed by atoms with E-state index in [1.165, 1.54) is 16.9 Å². The Balaban J connectivity index is 2.39. The Labute approximate surface area is 118 Å². The van der Waals surface area contributed by atoms with E-state index in [0.717, 1.165) is 12.0 Å². The Kier molecular flexibility index (Phi) is 4.39. The van der Waals surface area contributed by atoms with E-state index in [0.29, 0.717) is 4.21 Å². The second-order valence-corrected chi connectivity index (χ2v) is 7.60. The molecule has 0 bridgehead atoms. The molecule has 102 valence electrons. The van der Waals surface area contributed by atoms with Crippen molar-refractivity contribution in [2.75, 3.05) is 6.54 Å². The van der Waals surface area contributed by atoms with Crippen molar-refractivity contribution in [3.05, 3.63) is 52.9 Å². The fourth-order valence-corrected chi connectivity index (χ4v) is 4.79. The molecular formula is C14H17NO2S2. The van der Waals surface area contributed by atoms with E-state index >= 15 is 0 Å². The average Bonchev–Trinajstić information content (AvgIpc) is 2.95. The van der Waals surface area contributed by atoms with Gasteiger partial charge in [-0.15, -0.1) is 11.3 Å². The van der Waals surface area contributed by atoms with E-state index in [1.54, 1.807) is 17.5 Å². The van der Waals surface area contributed by atoms with E-state index in [1.807, 2.05) is 24.3 Å². The molecule has 19 heavy (non-hydrogen) atoms. The molecule has 5 heteroatoms. The lowest BCUT2D eigenvalue weighted by atomic mass is 10.1. The first-order chi connectivity index (χ1) is 9.09. The highest BCUT2D eigenvalue weighted by molar-refractivity contribution is 7.93. The van der Waals surface area contributed by atoms with Crippen molar-refractivity contribution in [3.8, 4) is 0 Å². The Morgan fingerprint density at radius 3 is 2.37 bits per heavy atom. The fraction of sp³-hybridized carbons (Fsp3) is 0.286. The number of benzene rings is 1. The summed E-state index contributed by atoms with van der Waals surface area (Å²) in [7, 11) is -3.39. The number of hydrogen-bond donors (Lipinski definition) is 1. The van der Waals surface area contributed by atoms with Crippen LogP contribution in [0.5, 0.6) is 0 Å². The van der Waals surface area contributed by atoms with Crippen LogP contribution in [0.2, 0.25) is 0 Å². The van der Waals surface area contributed by atoms with Crippen molar-refractivity contribution in [2.24, 2.45) is 5.73 Å². The van der Waals surface area contributed by atoms with Crippen LogP contribution in [0.3, 0.4) is 0 Å². The van der Waals surface area contributed by atoms with Gasteiger partial charge in [0.05, 0.1) is 0 Å². The Hall–Kier alpha value is -1.17. The first-order valence-corrected chi connectivity index (χ1v) is 8.58. The highest BCUT2D eigenvalue weighted by Gasteiger charge is 2.28. The predicted octanol–water partition coefficient (Wildman–Crippen LogP) is 2.78. The summed E-state index contributed by atoms with van der Waals surface area (Å²) < 4.78 is 25.4. The van der Waals surface area contributed by atoms with E-state index in [9.17, 15) is 8.42 Å². The molecule has 0 spiro atoms. The minimum absolute atomic E-state index is 0.0890. The van der Waals surface area contributed by atoms with E-state index in [2.05, 4.69) is 6.92 Å². The number of thiophene rings is 1. The molecule has 2 aromatic rings. The van der Waals surface area contributed by atoms with Gasteiger partial charge in [0.1, 0.15) is 9.46 Å². The van der Waals surface area contributed by atoms with E-state index in [-0.39, 0.29) is 6.54 Å². The fourth-order valence-electron chi connectivity index (χ4n) is 1.98. The average molecular weight is 295 g/mol. The third-order valence-corrected chi connectivity index (χ3v) is 6.68. The summed E-state index contributed by atoms with van der Waals surface area (Å²) in [6.45, 7) is 2.16. The van der Waals surface area contributed by atoms with Crippen molar-refractivity contribution in [2.45, 2.75) is 22.8 Å². The van der Waals surface area contributed by atoms with Crippen molar-refractivity contribution >= 4 is 21.2 Å². The summed E-state index contributed by atoms with van der Waals surface area (Å²) in [4.78, 5) is 0. The topological polar surface area (TPSA) is 60.2 Å². The summed E-state index contributed by atoms with van der Waals surface area (Å²) >= 11 is 1.23. The van der Waals surface area contributed by atoms with Crippen LogP contribution in [0.4, 0.5) is 0 Å². The van der Waals surface area contributed by atoms with Gasteiger partial charge in [-0.25, -0.2) is 8.42 Å². The van der Waals surface area contributed by atoms with Gasteiger partial charge in [-0.2, -0.15) is 0 Å². The zero-order chi connectivity index (χ0) is 13.9. The molecule has 0 radical (unpaired) electrons. The SMILES string of the molecule is CCc1ccc(C(CN)S(=O)(=O)c2cccs2)cc1. The quantitative estimate of drug-likeness (QED) is 0.922. The molecule has 2 rings (SSSR count). The molecule has 0 saturated carbocycles. The van der Waals surface area contributed by atoms with Crippen LogP contribution in [0.1, 0.15) is 23.3 Å². The molecule has 1 aromatic heterocycles. The predicted molar refractivity (Wildman–Crippen MR) is 79.1 cm³/mol. The summed E-state index contributed by atoms with van der Waals surface area (Å²) in [5.74, 6) is 0. The molecular weight excluding hydrogens is 278 g/mol. The third-order valence-electron chi connectivity index (χ3n) is 3.12. The van der Waals surface area contributed by atoms with Gasteiger partial charge in [0.2, 0.25) is 0 Å². The van der Waals surface area contributed by atoms with Crippen molar-refractivity contribution in [1.82, 2.24) is 0 Å². The first kappa shape index (κ1) is 14.2. The van der Waals surface area contributed by atoms with Crippen molar-refractivity contribution in [3.63, 3.8) is 0 Å². The van der Waals surface area contributed by atoms with E-state index < -0.39 is 15.1 Å². The van der Waals surface area contributed by atoms with Crippen LogP contribution in [0, 0.1) is 0 Å². The van der Waals surface area contributed by atoms with Crippen LogP contribution in [0.15, 0.2) is 46.0 Å². The van der Waals surface area contributed by atoms with Crippen LogP contribution >= 0.6 is 11.3 Å². The second kappa shape index (κ2) is 5.86. The molecule has 0 aliphatic heterocycles. The number of hydrogen-bond acceptors (Lipinski definition) is 4. The van der Waals surface area contributed by atoms with Gasteiger partial charge in [0.25, 0.3) is 0 Å². The highest BCUT2D eigenvalue weighted by Crippen LogP contribution is 2.30. The summed E-state index contributed by atoms with van der Waals surface area (Å²) in [6, 6.07) is 11.0. The Bertz CT molecular complexity index is 616. The van der Waals surface area contributed by atoms with Gasteiger partial charge in [-0.3, -0.25) is 0 Å². The van der Waals surface area contributed by atoms with Crippen LogP contribution in [-0.2, 0) is 16.3 Å². The number of aryl methyl sites for hydroxylation is 1. The maximum absolute atomic E-state index is 12.5. The van der Waals surface area contributed by atoms with Crippen LogP contribution in [-0.4, -0.2) is 15.0 Å². The minimum atomic E-state index is -3.39. The molecule has 0 amide bonds. The molecule has 2 N–H and O–H groups in total. The lowest BCUT2D eigenvalue weighted by Gasteiger charge is -2.15. The maximum atomic E-state index is 12.5. The molecule has 0 aliphatic rings. The zero-order valence-electron chi connectivity index (χ0n) is 10.7. The van der Waals surface area contributed by atoms with E-state index in [4.69, 9.17) is 5.73 Å². The van der Waals surface area contributed by atoms with Crippen LogP contribution in [0.25, 0.3) is 0 Å². The smallest absolute Gasteiger partial charge is 0.195 e. The standard InChI is InChI=1S/C14H17NO2S2/c1-2-11-5-7-12(8-6-11)13(10-15)19(16,17)14-4-3-9-18-14/h3-9,13H,2,10,15H2,1H3. The molecule has 0 fully saturated rings. The number of nitrogens with two attached hydrogens (primary N) is 1. The minimum Gasteiger partial charge on any atom is -0.329 e. The highest BCUT2D eigenvalue weighted by atomic mass is 32.2. The molecule has 3 nitrogen and oxygen atoms in total. The van der Waals surface area contributed by atoms with Crippen molar-refractivity contribution < 1.29 is 8.42 Å². The molecule has 1 unspecified atom stereocenters. The normalized spacial score (nSPS) is 13.4. The van der Waals surface area contributed by atoms with Crippen molar-refractivity contribution in [1.29, 1.82) is 0 Å². The van der Waals surface area contributed by atoms with Gasteiger partial charge < -0.3 is 5.73 Å². The van der Waals surface area contributed by atoms with Gasteiger partial charge >= 0.3 is 0 Å². The Morgan fingerprint density at radius 2 is 1.89 bits per heavy atom.